The number of hydrogen-bond donors (Lipinski definition) is 0. The minimum Gasteiger partial charge on any atom is -0.258 e. The van der Waals surface area contributed by atoms with Crippen molar-refractivity contribution in [1.82, 2.24) is 9.78 Å². The molecule has 6 heteroatoms. The van der Waals surface area contributed by atoms with Crippen molar-refractivity contribution in [2.75, 3.05) is 0 Å². The minimum atomic E-state index is -0.389. The van der Waals surface area contributed by atoms with Crippen LogP contribution in [0.2, 0.25) is 5.15 Å². The van der Waals surface area contributed by atoms with Gasteiger partial charge in [-0.15, -0.1) is 0 Å². The van der Waals surface area contributed by atoms with Crippen molar-refractivity contribution in [1.29, 1.82) is 0 Å². The molecule has 112 valence electrons. The zero-order valence-electron chi connectivity index (χ0n) is 12.1. The Hall–Kier alpha value is -1.10. The minimum absolute atomic E-state index is 0.00427. The molecule has 0 unspecified atom stereocenters. The van der Waals surface area contributed by atoms with E-state index in [1.165, 1.54) is 12.8 Å². The Balaban J connectivity index is 2.35. The van der Waals surface area contributed by atoms with Gasteiger partial charge in [-0.1, -0.05) is 51.1 Å². The van der Waals surface area contributed by atoms with Crippen LogP contribution in [-0.2, 0) is 6.42 Å². The molecule has 1 heterocycles. The maximum absolute atomic E-state index is 11.3. The summed E-state index contributed by atoms with van der Waals surface area (Å²) in [5.74, 6) is 0.322. The average Bonchev–Trinajstić information content (AvgIpc) is 2.54. The lowest BCUT2D eigenvalue weighted by molar-refractivity contribution is -0.385. The predicted molar refractivity (Wildman–Crippen MR) is 79.2 cm³/mol. The van der Waals surface area contributed by atoms with E-state index in [4.69, 9.17) is 11.6 Å². The maximum Gasteiger partial charge on any atom is 0.329 e. The summed E-state index contributed by atoms with van der Waals surface area (Å²) >= 11 is 6.25. The molecule has 1 saturated carbocycles. The van der Waals surface area contributed by atoms with Gasteiger partial charge in [0.25, 0.3) is 0 Å². The number of nitro groups is 1. The van der Waals surface area contributed by atoms with Crippen LogP contribution in [0.15, 0.2) is 0 Å². The zero-order chi connectivity index (χ0) is 14.7. The van der Waals surface area contributed by atoms with E-state index in [-0.39, 0.29) is 21.8 Å². The van der Waals surface area contributed by atoms with Gasteiger partial charge in [0.15, 0.2) is 0 Å². The highest BCUT2D eigenvalue weighted by Gasteiger charge is 2.30. The first-order chi connectivity index (χ1) is 9.50. The van der Waals surface area contributed by atoms with Crippen LogP contribution in [-0.4, -0.2) is 14.7 Å². The molecule has 0 spiro atoms. The van der Waals surface area contributed by atoms with Crippen molar-refractivity contribution in [2.45, 2.75) is 64.8 Å². The van der Waals surface area contributed by atoms with Gasteiger partial charge in [0.05, 0.1) is 11.0 Å². The van der Waals surface area contributed by atoms with Gasteiger partial charge in [0.1, 0.15) is 5.69 Å². The van der Waals surface area contributed by atoms with Crippen LogP contribution >= 0.6 is 11.6 Å². The fourth-order valence-corrected chi connectivity index (χ4v) is 3.25. The summed E-state index contributed by atoms with van der Waals surface area (Å²) in [4.78, 5) is 10.9. The predicted octanol–water partition coefficient (Wildman–Crippen LogP) is 4.54. The number of nitrogens with zero attached hydrogens (tertiary/aromatic N) is 3. The van der Waals surface area contributed by atoms with Gasteiger partial charge >= 0.3 is 5.69 Å². The molecule has 0 atom stereocenters. The molecule has 0 aliphatic heterocycles. The number of rotatable bonds is 4. The molecule has 0 saturated heterocycles. The summed E-state index contributed by atoms with van der Waals surface area (Å²) in [6, 6.07) is 0.213. The molecule has 5 nitrogen and oxygen atoms in total. The summed E-state index contributed by atoms with van der Waals surface area (Å²) < 4.78 is 1.71. The van der Waals surface area contributed by atoms with E-state index in [9.17, 15) is 10.1 Å². The fraction of sp³-hybridized carbons (Fsp3) is 0.786. The van der Waals surface area contributed by atoms with Crippen molar-refractivity contribution in [3.8, 4) is 0 Å². The highest BCUT2D eigenvalue weighted by molar-refractivity contribution is 6.31. The van der Waals surface area contributed by atoms with Crippen molar-refractivity contribution in [3.05, 3.63) is 21.0 Å². The monoisotopic (exact) mass is 299 g/mol. The van der Waals surface area contributed by atoms with E-state index >= 15 is 0 Å². The Kier molecular flexibility index (Phi) is 5.02. The summed E-state index contributed by atoms with van der Waals surface area (Å²) in [7, 11) is 0. The smallest absolute Gasteiger partial charge is 0.258 e. The highest BCUT2D eigenvalue weighted by Crippen LogP contribution is 2.36. The third-order valence-electron chi connectivity index (χ3n) is 3.85. The Bertz CT molecular complexity index is 477. The van der Waals surface area contributed by atoms with E-state index in [1.807, 2.05) is 13.8 Å². The fourth-order valence-electron chi connectivity index (χ4n) is 2.90. The summed E-state index contributed by atoms with van der Waals surface area (Å²) in [5, 5.41) is 15.9. The SMILES string of the molecule is CC(C)Cc1nn(C2CCCCCC2)c(Cl)c1[N+](=O)[O-]. The molecule has 20 heavy (non-hydrogen) atoms. The highest BCUT2D eigenvalue weighted by atomic mass is 35.5. The van der Waals surface area contributed by atoms with E-state index in [0.29, 0.717) is 18.0 Å². The largest absolute Gasteiger partial charge is 0.329 e. The van der Waals surface area contributed by atoms with Crippen molar-refractivity contribution in [2.24, 2.45) is 5.92 Å². The average molecular weight is 300 g/mol. The molecule has 2 rings (SSSR count). The quantitative estimate of drug-likeness (QED) is 0.466. The van der Waals surface area contributed by atoms with E-state index in [1.54, 1.807) is 4.68 Å². The standard InChI is InChI=1S/C14H22ClN3O2/c1-10(2)9-12-13(18(19)20)14(15)17(16-12)11-7-5-3-4-6-8-11/h10-11H,3-9H2,1-2H3. The Morgan fingerprint density at radius 1 is 1.35 bits per heavy atom. The first-order valence-electron chi connectivity index (χ1n) is 7.42. The number of aromatic nitrogens is 2. The van der Waals surface area contributed by atoms with Gasteiger partial charge in [-0.3, -0.25) is 10.1 Å². The molecule has 1 aliphatic carbocycles. The van der Waals surface area contributed by atoms with E-state index in [0.717, 1.165) is 25.7 Å². The van der Waals surface area contributed by atoms with Gasteiger partial charge in [-0.2, -0.15) is 5.10 Å². The number of halogens is 1. The molecule has 0 amide bonds. The normalized spacial score (nSPS) is 17.4. The molecule has 0 aromatic carbocycles. The second-order valence-corrected chi connectivity index (χ2v) is 6.39. The van der Waals surface area contributed by atoms with Crippen LogP contribution < -0.4 is 0 Å². The Morgan fingerprint density at radius 3 is 2.45 bits per heavy atom. The van der Waals surface area contributed by atoms with Gasteiger partial charge in [0, 0.05) is 6.42 Å². The molecule has 0 radical (unpaired) electrons. The van der Waals surface area contributed by atoms with E-state index in [2.05, 4.69) is 5.10 Å². The number of hydrogen-bond acceptors (Lipinski definition) is 3. The summed E-state index contributed by atoms with van der Waals surface area (Å²) in [6.45, 7) is 4.06. The van der Waals surface area contributed by atoms with Gasteiger partial charge in [0.2, 0.25) is 5.15 Å². The molecular weight excluding hydrogens is 278 g/mol. The van der Waals surface area contributed by atoms with Crippen LogP contribution in [0.1, 0.15) is 64.1 Å². The summed E-state index contributed by atoms with van der Waals surface area (Å²) in [6.07, 6.45) is 7.38. The lowest BCUT2D eigenvalue weighted by Gasteiger charge is -2.15. The maximum atomic E-state index is 11.3. The van der Waals surface area contributed by atoms with E-state index < -0.39 is 0 Å². The first-order valence-corrected chi connectivity index (χ1v) is 7.79. The Labute approximate surface area is 124 Å². The van der Waals surface area contributed by atoms with Crippen LogP contribution in [0.3, 0.4) is 0 Å². The Morgan fingerprint density at radius 2 is 1.95 bits per heavy atom. The first kappa shape index (κ1) is 15.3. The third kappa shape index (κ3) is 3.32. The van der Waals surface area contributed by atoms with Crippen molar-refractivity contribution >= 4 is 17.3 Å². The van der Waals surface area contributed by atoms with Crippen LogP contribution in [0.25, 0.3) is 0 Å². The molecule has 1 aliphatic rings. The van der Waals surface area contributed by atoms with Gasteiger partial charge in [-0.25, -0.2) is 4.68 Å². The molecular formula is C14H22ClN3O2. The molecule has 0 bridgehead atoms. The van der Waals surface area contributed by atoms with Crippen LogP contribution in [0, 0.1) is 16.0 Å². The second-order valence-electron chi connectivity index (χ2n) is 6.03. The lowest BCUT2D eigenvalue weighted by atomic mass is 10.1. The topological polar surface area (TPSA) is 61.0 Å². The molecule has 1 aromatic heterocycles. The molecule has 1 aromatic rings. The van der Waals surface area contributed by atoms with Gasteiger partial charge < -0.3 is 0 Å². The lowest BCUT2D eigenvalue weighted by Crippen LogP contribution is -2.10. The van der Waals surface area contributed by atoms with Crippen LogP contribution in [0.4, 0.5) is 5.69 Å². The van der Waals surface area contributed by atoms with Gasteiger partial charge in [-0.05, 0) is 18.8 Å². The zero-order valence-corrected chi connectivity index (χ0v) is 12.9. The van der Waals surface area contributed by atoms with Crippen molar-refractivity contribution < 1.29 is 4.92 Å². The molecule has 1 fully saturated rings. The van der Waals surface area contributed by atoms with Crippen molar-refractivity contribution in [3.63, 3.8) is 0 Å². The second kappa shape index (κ2) is 6.57. The molecule has 0 N–H and O–H groups in total. The van der Waals surface area contributed by atoms with Crippen LogP contribution in [0.5, 0.6) is 0 Å². The third-order valence-corrected chi connectivity index (χ3v) is 4.21. The summed E-state index contributed by atoms with van der Waals surface area (Å²) in [5.41, 5.74) is 0.531.